The van der Waals surface area contributed by atoms with Crippen LogP contribution in [0.3, 0.4) is 0 Å². The monoisotopic (exact) mass is 388 g/mol. The van der Waals surface area contributed by atoms with Gasteiger partial charge in [0.1, 0.15) is 10.1 Å². The third kappa shape index (κ3) is 4.32. The SMILES string of the molecule is O=S(=O)([O-])c1cc(O)c(O)c(Sc2nnnn2-c2ccccc2)c1.[Na+]. The van der Waals surface area contributed by atoms with Crippen LogP contribution in [0.4, 0.5) is 0 Å². The smallest absolute Gasteiger partial charge is 0.744 e. The fourth-order valence-electron chi connectivity index (χ4n) is 1.86. The molecule has 2 N–H and O–H groups in total. The summed E-state index contributed by atoms with van der Waals surface area (Å²) in [6.45, 7) is 0. The summed E-state index contributed by atoms with van der Waals surface area (Å²) in [6, 6.07) is 10.5. The first kappa shape index (κ1) is 19.7. The summed E-state index contributed by atoms with van der Waals surface area (Å²) in [7, 11) is -4.80. The Kier molecular flexibility index (Phi) is 6.08. The number of phenolic OH excluding ortho intramolecular Hbond substituents is 2. The Hall–Kier alpha value is -1.63. The Morgan fingerprint density at radius 2 is 1.80 bits per heavy atom. The van der Waals surface area contributed by atoms with Crippen LogP contribution >= 0.6 is 11.8 Å². The van der Waals surface area contributed by atoms with E-state index in [1.165, 1.54) is 4.68 Å². The predicted octanol–water partition coefficient (Wildman–Crippen LogP) is -1.87. The van der Waals surface area contributed by atoms with Crippen LogP contribution in [0.25, 0.3) is 5.69 Å². The van der Waals surface area contributed by atoms with E-state index in [4.69, 9.17) is 0 Å². The molecule has 0 unspecified atom stereocenters. The van der Waals surface area contributed by atoms with Crippen molar-refractivity contribution in [2.45, 2.75) is 14.9 Å². The number of rotatable bonds is 4. The van der Waals surface area contributed by atoms with E-state index in [-0.39, 0.29) is 39.6 Å². The molecule has 3 aromatic rings. The summed E-state index contributed by atoms with van der Waals surface area (Å²) < 4.78 is 34.8. The summed E-state index contributed by atoms with van der Waals surface area (Å²) in [5.41, 5.74) is 0.640. The quantitative estimate of drug-likeness (QED) is 0.299. The second-order valence-corrected chi connectivity index (χ2v) is 6.94. The minimum atomic E-state index is -4.80. The van der Waals surface area contributed by atoms with E-state index in [0.29, 0.717) is 11.8 Å². The van der Waals surface area contributed by atoms with Crippen molar-refractivity contribution in [1.29, 1.82) is 0 Å². The summed E-state index contributed by atoms with van der Waals surface area (Å²) in [5, 5.41) is 30.9. The molecule has 3 rings (SSSR count). The number of aromatic hydroxyl groups is 2. The summed E-state index contributed by atoms with van der Waals surface area (Å²) >= 11 is 0.800. The van der Waals surface area contributed by atoms with Gasteiger partial charge in [-0.05, 0) is 40.4 Å². The van der Waals surface area contributed by atoms with E-state index in [1.54, 1.807) is 24.3 Å². The molecule has 0 radical (unpaired) electrons. The Bertz CT molecular complexity index is 995. The fourth-order valence-corrected chi connectivity index (χ4v) is 3.35. The van der Waals surface area contributed by atoms with Crippen molar-refractivity contribution in [2.24, 2.45) is 0 Å². The number of phenols is 2. The van der Waals surface area contributed by atoms with Crippen molar-refractivity contribution in [3.63, 3.8) is 0 Å². The van der Waals surface area contributed by atoms with Gasteiger partial charge >= 0.3 is 29.6 Å². The number of para-hydroxylation sites is 1. The molecule has 1 heterocycles. The van der Waals surface area contributed by atoms with Crippen molar-refractivity contribution >= 4 is 21.9 Å². The Morgan fingerprint density at radius 1 is 1.12 bits per heavy atom. The molecule has 0 aliphatic heterocycles. The van der Waals surface area contributed by atoms with E-state index in [9.17, 15) is 23.2 Å². The second kappa shape index (κ2) is 7.72. The minimum absolute atomic E-state index is 0. The zero-order valence-corrected chi connectivity index (χ0v) is 16.4. The van der Waals surface area contributed by atoms with Gasteiger partial charge in [-0.25, -0.2) is 8.42 Å². The molecule has 2 aromatic carbocycles. The van der Waals surface area contributed by atoms with Gasteiger partial charge in [-0.15, -0.1) is 5.10 Å². The molecule has 0 saturated heterocycles. The molecule has 25 heavy (non-hydrogen) atoms. The van der Waals surface area contributed by atoms with Gasteiger partial charge in [0.05, 0.1) is 15.5 Å². The van der Waals surface area contributed by atoms with Gasteiger partial charge in [0.25, 0.3) is 0 Å². The molecule has 124 valence electrons. The van der Waals surface area contributed by atoms with E-state index >= 15 is 0 Å². The van der Waals surface area contributed by atoms with Gasteiger partial charge < -0.3 is 14.8 Å². The summed E-state index contributed by atoms with van der Waals surface area (Å²) in [6.07, 6.45) is 0. The first-order valence-corrected chi connectivity index (χ1v) is 8.62. The van der Waals surface area contributed by atoms with Gasteiger partial charge in [-0.2, -0.15) is 4.68 Å². The van der Waals surface area contributed by atoms with Crippen LogP contribution in [-0.4, -0.2) is 43.4 Å². The van der Waals surface area contributed by atoms with Gasteiger partial charge in [0.2, 0.25) is 5.16 Å². The summed E-state index contributed by atoms with van der Waals surface area (Å²) in [5.74, 6) is -1.30. The standard InChI is InChI=1S/C13H10N4O5S2.Na/c18-10-6-9(24(20,21)22)7-11(12(10)19)23-13-14-15-16-17(13)8-4-2-1-3-5-8;/h1-7,18-19H,(H,20,21,22);/q;+1/p-1. The Labute approximate surface area is 168 Å². The Morgan fingerprint density at radius 3 is 2.44 bits per heavy atom. The number of benzene rings is 2. The average molecular weight is 388 g/mol. The maximum absolute atomic E-state index is 11.1. The van der Waals surface area contributed by atoms with Crippen molar-refractivity contribution in [3.8, 4) is 17.2 Å². The molecule has 0 fully saturated rings. The van der Waals surface area contributed by atoms with E-state index in [1.807, 2.05) is 6.07 Å². The number of hydrogen-bond acceptors (Lipinski definition) is 9. The fraction of sp³-hybridized carbons (Fsp3) is 0. The zero-order valence-electron chi connectivity index (χ0n) is 12.8. The van der Waals surface area contributed by atoms with Gasteiger partial charge in [-0.3, -0.25) is 0 Å². The molecule has 0 aliphatic carbocycles. The largest absolute Gasteiger partial charge is 1.00 e. The van der Waals surface area contributed by atoms with Crippen LogP contribution in [-0.2, 0) is 10.1 Å². The molecule has 0 amide bonds. The Balaban J connectivity index is 0.00000225. The van der Waals surface area contributed by atoms with Crippen LogP contribution in [0, 0.1) is 0 Å². The van der Waals surface area contributed by atoms with Gasteiger partial charge in [-0.1, -0.05) is 18.2 Å². The molecular formula is C13H9N4NaO5S2. The van der Waals surface area contributed by atoms with Crippen molar-refractivity contribution in [1.82, 2.24) is 20.2 Å². The molecule has 0 saturated carbocycles. The second-order valence-electron chi connectivity index (χ2n) is 4.55. The number of tetrazole rings is 1. The third-order valence-electron chi connectivity index (χ3n) is 2.96. The van der Waals surface area contributed by atoms with Gasteiger partial charge in [0.15, 0.2) is 11.5 Å². The van der Waals surface area contributed by atoms with Crippen LogP contribution in [0.5, 0.6) is 11.5 Å². The van der Waals surface area contributed by atoms with Crippen LogP contribution in [0.15, 0.2) is 57.4 Å². The first-order valence-electron chi connectivity index (χ1n) is 6.40. The number of aromatic nitrogens is 4. The molecular weight excluding hydrogens is 379 g/mol. The molecule has 0 bridgehead atoms. The average Bonchev–Trinajstić information content (AvgIpc) is 2.99. The maximum atomic E-state index is 11.1. The summed E-state index contributed by atoms with van der Waals surface area (Å²) in [4.78, 5) is -0.740. The van der Waals surface area contributed by atoms with E-state index < -0.39 is 26.5 Å². The van der Waals surface area contributed by atoms with Crippen LogP contribution in [0.1, 0.15) is 0 Å². The maximum Gasteiger partial charge on any atom is 1.00 e. The molecule has 9 nitrogen and oxygen atoms in total. The first-order chi connectivity index (χ1) is 11.4. The van der Waals surface area contributed by atoms with E-state index in [2.05, 4.69) is 15.5 Å². The van der Waals surface area contributed by atoms with Gasteiger partial charge in [0, 0.05) is 6.07 Å². The normalized spacial score (nSPS) is 11.1. The molecule has 1 aromatic heterocycles. The van der Waals surface area contributed by atoms with Crippen molar-refractivity contribution in [3.05, 3.63) is 42.5 Å². The molecule has 12 heteroatoms. The van der Waals surface area contributed by atoms with Crippen LogP contribution in [0.2, 0.25) is 0 Å². The number of hydrogen-bond donors (Lipinski definition) is 2. The van der Waals surface area contributed by atoms with E-state index in [0.717, 1.165) is 17.8 Å². The zero-order chi connectivity index (χ0) is 17.3. The van der Waals surface area contributed by atoms with Crippen molar-refractivity contribution in [2.75, 3.05) is 0 Å². The molecule has 0 atom stereocenters. The number of nitrogens with zero attached hydrogens (tertiary/aromatic N) is 4. The molecule has 0 spiro atoms. The third-order valence-corrected chi connectivity index (χ3v) is 4.74. The topological polar surface area (TPSA) is 141 Å². The van der Waals surface area contributed by atoms with Crippen LogP contribution < -0.4 is 29.6 Å². The molecule has 0 aliphatic rings. The van der Waals surface area contributed by atoms with Crippen molar-refractivity contribution < 1.29 is 52.7 Å². The minimum Gasteiger partial charge on any atom is -0.744 e. The predicted molar refractivity (Wildman–Crippen MR) is 81.0 cm³/mol.